The van der Waals surface area contributed by atoms with Crippen LogP contribution in [-0.4, -0.2) is 23.4 Å². The van der Waals surface area contributed by atoms with E-state index in [1.54, 1.807) is 18.2 Å². The van der Waals surface area contributed by atoms with Crippen LogP contribution in [0.4, 0.5) is 5.82 Å². The van der Waals surface area contributed by atoms with Crippen molar-refractivity contribution in [3.05, 3.63) is 30.3 Å². The van der Waals surface area contributed by atoms with E-state index < -0.39 is 9.84 Å². The summed E-state index contributed by atoms with van der Waals surface area (Å²) in [5.74, 6) is 0.102. The highest BCUT2D eigenvalue weighted by Gasteiger charge is 2.25. The molecule has 0 fully saturated rings. The molecule has 0 amide bonds. The molecule has 0 bridgehead atoms. The molecule has 1 heterocycles. The fourth-order valence-electron chi connectivity index (χ4n) is 1.88. The highest BCUT2D eigenvalue weighted by molar-refractivity contribution is 7.91. The molecule has 2 aromatic rings. The summed E-state index contributed by atoms with van der Waals surface area (Å²) in [5, 5.41) is 7.42. The number of aromatic nitrogens is 3. The van der Waals surface area contributed by atoms with E-state index in [4.69, 9.17) is 5.73 Å². The van der Waals surface area contributed by atoms with Gasteiger partial charge in [-0.1, -0.05) is 43.2 Å². The molecule has 7 heteroatoms. The van der Waals surface area contributed by atoms with E-state index >= 15 is 0 Å². The summed E-state index contributed by atoms with van der Waals surface area (Å²) in [6.45, 7) is 2.67. The lowest BCUT2D eigenvalue weighted by Crippen LogP contribution is -2.09. The van der Waals surface area contributed by atoms with Gasteiger partial charge >= 0.3 is 0 Å². The quantitative estimate of drug-likeness (QED) is 0.821. The zero-order valence-corrected chi connectivity index (χ0v) is 12.2. The van der Waals surface area contributed by atoms with Gasteiger partial charge in [0, 0.05) is 6.54 Å². The number of nitrogens with two attached hydrogens (primary N) is 1. The SMILES string of the molecule is CCCCCn1nnc(S(=O)(=O)c2ccccc2)c1N. The van der Waals surface area contributed by atoms with Crippen LogP contribution >= 0.6 is 0 Å². The first-order chi connectivity index (χ1) is 9.57. The van der Waals surface area contributed by atoms with Gasteiger partial charge in [0.1, 0.15) is 0 Å². The maximum Gasteiger partial charge on any atom is 0.229 e. The minimum Gasteiger partial charge on any atom is -0.381 e. The second-order valence-electron chi connectivity index (χ2n) is 4.53. The second-order valence-corrected chi connectivity index (χ2v) is 6.39. The Morgan fingerprint density at radius 3 is 2.55 bits per heavy atom. The van der Waals surface area contributed by atoms with Gasteiger partial charge < -0.3 is 5.73 Å². The average molecular weight is 294 g/mol. The standard InChI is InChI=1S/C13H18N4O2S/c1-2-3-7-10-17-12(14)13(15-16-17)20(18,19)11-8-5-4-6-9-11/h4-6,8-9H,2-3,7,10,14H2,1H3. The van der Waals surface area contributed by atoms with Crippen molar-refractivity contribution in [2.75, 3.05) is 5.73 Å². The number of hydrogen-bond donors (Lipinski definition) is 1. The first-order valence-corrected chi connectivity index (χ1v) is 8.04. The lowest BCUT2D eigenvalue weighted by molar-refractivity contribution is 0.543. The minimum atomic E-state index is -3.70. The Labute approximate surface area is 118 Å². The number of anilines is 1. The van der Waals surface area contributed by atoms with Crippen molar-refractivity contribution >= 4 is 15.7 Å². The normalized spacial score (nSPS) is 11.7. The number of hydrogen-bond acceptors (Lipinski definition) is 5. The van der Waals surface area contributed by atoms with Crippen LogP contribution in [0.2, 0.25) is 0 Å². The fraction of sp³-hybridized carbons (Fsp3) is 0.385. The zero-order chi connectivity index (χ0) is 14.6. The number of nitrogen functional groups attached to an aromatic ring is 1. The van der Waals surface area contributed by atoms with Crippen molar-refractivity contribution < 1.29 is 8.42 Å². The summed E-state index contributed by atoms with van der Waals surface area (Å²) in [7, 11) is -3.70. The van der Waals surface area contributed by atoms with Crippen LogP contribution in [0.5, 0.6) is 0 Å². The molecule has 0 saturated heterocycles. The molecule has 6 nitrogen and oxygen atoms in total. The van der Waals surface area contributed by atoms with Gasteiger partial charge in [-0.05, 0) is 18.6 Å². The molecular formula is C13H18N4O2S. The van der Waals surface area contributed by atoms with Gasteiger partial charge in [-0.15, -0.1) is 5.10 Å². The Morgan fingerprint density at radius 1 is 1.20 bits per heavy atom. The van der Waals surface area contributed by atoms with Crippen LogP contribution in [0.3, 0.4) is 0 Å². The number of nitrogens with zero attached hydrogens (tertiary/aromatic N) is 3. The third kappa shape index (κ3) is 2.82. The van der Waals surface area contributed by atoms with Gasteiger partial charge in [0.2, 0.25) is 14.9 Å². The van der Waals surface area contributed by atoms with Crippen molar-refractivity contribution in [3.8, 4) is 0 Å². The van der Waals surface area contributed by atoms with Crippen molar-refractivity contribution in [3.63, 3.8) is 0 Å². The van der Waals surface area contributed by atoms with E-state index in [0.717, 1.165) is 19.3 Å². The molecule has 0 aliphatic carbocycles. The third-order valence-corrected chi connectivity index (χ3v) is 4.71. The van der Waals surface area contributed by atoms with Gasteiger partial charge in [0.25, 0.3) is 0 Å². The summed E-state index contributed by atoms with van der Waals surface area (Å²) in [4.78, 5) is 0.173. The molecule has 2 rings (SSSR count). The van der Waals surface area contributed by atoms with Crippen LogP contribution in [0.25, 0.3) is 0 Å². The first kappa shape index (κ1) is 14.5. The Kier molecular flexibility index (Phi) is 4.39. The van der Waals surface area contributed by atoms with E-state index in [-0.39, 0.29) is 15.7 Å². The molecular weight excluding hydrogens is 276 g/mol. The molecule has 0 aliphatic rings. The topological polar surface area (TPSA) is 90.9 Å². The molecule has 0 atom stereocenters. The highest BCUT2D eigenvalue weighted by Crippen LogP contribution is 2.23. The van der Waals surface area contributed by atoms with E-state index in [0.29, 0.717) is 6.54 Å². The number of benzene rings is 1. The second kappa shape index (κ2) is 6.04. The lowest BCUT2D eigenvalue weighted by atomic mass is 10.2. The molecule has 0 radical (unpaired) electrons. The monoisotopic (exact) mass is 294 g/mol. The van der Waals surface area contributed by atoms with Gasteiger partial charge in [-0.25, -0.2) is 13.1 Å². The third-order valence-electron chi connectivity index (χ3n) is 3.02. The molecule has 2 N–H and O–H groups in total. The number of rotatable bonds is 6. The summed E-state index contributed by atoms with van der Waals surface area (Å²) in [6, 6.07) is 8.11. The predicted octanol–water partition coefficient (Wildman–Crippen LogP) is 1.88. The molecule has 0 aliphatic heterocycles. The van der Waals surface area contributed by atoms with Crippen LogP contribution in [0, 0.1) is 0 Å². The molecule has 20 heavy (non-hydrogen) atoms. The number of sulfone groups is 1. The highest BCUT2D eigenvalue weighted by atomic mass is 32.2. The van der Waals surface area contributed by atoms with Crippen LogP contribution in [0.1, 0.15) is 26.2 Å². The maximum atomic E-state index is 12.4. The lowest BCUT2D eigenvalue weighted by Gasteiger charge is -2.04. The van der Waals surface area contributed by atoms with Crippen molar-refractivity contribution in [2.45, 2.75) is 42.7 Å². The Hall–Kier alpha value is -1.89. The number of aryl methyl sites for hydroxylation is 1. The van der Waals surface area contributed by atoms with Gasteiger partial charge in [0.15, 0.2) is 5.82 Å². The fourth-order valence-corrected chi connectivity index (χ4v) is 3.15. The molecule has 108 valence electrons. The van der Waals surface area contributed by atoms with Crippen molar-refractivity contribution in [1.82, 2.24) is 15.0 Å². The molecule has 0 saturated carbocycles. The molecule has 0 unspecified atom stereocenters. The van der Waals surface area contributed by atoms with E-state index in [1.165, 1.54) is 16.8 Å². The smallest absolute Gasteiger partial charge is 0.229 e. The molecule has 1 aromatic heterocycles. The molecule has 1 aromatic carbocycles. The minimum absolute atomic E-state index is 0.102. The van der Waals surface area contributed by atoms with Gasteiger partial charge in [0.05, 0.1) is 4.90 Å². The van der Waals surface area contributed by atoms with E-state index in [1.807, 2.05) is 0 Å². The van der Waals surface area contributed by atoms with Gasteiger partial charge in [-0.3, -0.25) is 0 Å². The average Bonchev–Trinajstić information content (AvgIpc) is 2.82. The summed E-state index contributed by atoms with van der Waals surface area (Å²) >= 11 is 0. The largest absolute Gasteiger partial charge is 0.381 e. The zero-order valence-electron chi connectivity index (χ0n) is 11.4. The summed E-state index contributed by atoms with van der Waals surface area (Å²) in [6.07, 6.45) is 3.01. The van der Waals surface area contributed by atoms with Crippen LogP contribution < -0.4 is 5.73 Å². The van der Waals surface area contributed by atoms with E-state index in [2.05, 4.69) is 17.2 Å². The Morgan fingerprint density at radius 2 is 1.90 bits per heavy atom. The Balaban J connectivity index is 2.30. The Bertz CT molecular complexity index is 665. The summed E-state index contributed by atoms with van der Waals surface area (Å²) in [5.41, 5.74) is 5.87. The van der Waals surface area contributed by atoms with Crippen LogP contribution in [-0.2, 0) is 16.4 Å². The number of unbranched alkanes of at least 4 members (excludes halogenated alkanes) is 2. The van der Waals surface area contributed by atoms with Crippen molar-refractivity contribution in [2.24, 2.45) is 0 Å². The predicted molar refractivity (Wildman–Crippen MR) is 75.9 cm³/mol. The maximum absolute atomic E-state index is 12.4. The molecule has 0 spiro atoms. The van der Waals surface area contributed by atoms with Crippen LogP contribution in [0.15, 0.2) is 40.3 Å². The van der Waals surface area contributed by atoms with E-state index in [9.17, 15) is 8.42 Å². The first-order valence-electron chi connectivity index (χ1n) is 6.56. The summed E-state index contributed by atoms with van der Waals surface area (Å²) < 4.78 is 26.3. The van der Waals surface area contributed by atoms with Gasteiger partial charge in [-0.2, -0.15) is 0 Å². The van der Waals surface area contributed by atoms with Crippen molar-refractivity contribution in [1.29, 1.82) is 0 Å².